The summed E-state index contributed by atoms with van der Waals surface area (Å²) in [6, 6.07) is 2.09. The Bertz CT molecular complexity index is 471. The van der Waals surface area contributed by atoms with E-state index < -0.39 is 5.92 Å². The Balaban J connectivity index is 1.56. The van der Waals surface area contributed by atoms with Gasteiger partial charge in [-0.2, -0.15) is 0 Å². The Morgan fingerprint density at radius 1 is 1.39 bits per heavy atom. The standard InChI is InChI=1S/C14H16BrF2N/c1-9-2-11(18-6-12(9)15)3-10-4-13(5-10)7-14(16,17)8-13/h2,6,10H,3-5,7-8H2,1H3. The Hall–Kier alpha value is -0.510. The Labute approximate surface area is 114 Å². The minimum atomic E-state index is -2.38. The second-order valence-electron chi connectivity index (χ2n) is 6.11. The average molecular weight is 316 g/mol. The van der Waals surface area contributed by atoms with Gasteiger partial charge in [0.05, 0.1) is 0 Å². The zero-order valence-corrected chi connectivity index (χ0v) is 11.9. The van der Waals surface area contributed by atoms with Crippen LogP contribution in [0.1, 0.15) is 36.9 Å². The van der Waals surface area contributed by atoms with Gasteiger partial charge in [-0.25, -0.2) is 8.78 Å². The van der Waals surface area contributed by atoms with Crippen LogP contribution in [0.2, 0.25) is 0 Å². The first-order chi connectivity index (χ1) is 8.38. The normalized spacial score (nSPS) is 24.7. The molecule has 2 fully saturated rings. The minimum absolute atomic E-state index is 0.0153. The highest BCUT2D eigenvalue weighted by Gasteiger charge is 2.61. The summed E-state index contributed by atoms with van der Waals surface area (Å²) in [4.78, 5) is 4.39. The maximum atomic E-state index is 12.9. The highest BCUT2D eigenvalue weighted by atomic mass is 79.9. The van der Waals surface area contributed by atoms with Crippen molar-refractivity contribution in [3.05, 3.63) is 28.0 Å². The van der Waals surface area contributed by atoms with E-state index in [4.69, 9.17) is 0 Å². The van der Waals surface area contributed by atoms with Crippen LogP contribution < -0.4 is 0 Å². The summed E-state index contributed by atoms with van der Waals surface area (Å²) in [5.74, 6) is -1.83. The number of pyridine rings is 1. The van der Waals surface area contributed by atoms with Crippen LogP contribution >= 0.6 is 15.9 Å². The van der Waals surface area contributed by atoms with Gasteiger partial charge in [0.1, 0.15) is 0 Å². The summed E-state index contributed by atoms with van der Waals surface area (Å²) in [6.45, 7) is 2.05. The van der Waals surface area contributed by atoms with Crippen molar-refractivity contribution in [3.63, 3.8) is 0 Å². The molecule has 0 bridgehead atoms. The van der Waals surface area contributed by atoms with Crippen molar-refractivity contribution in [2.24, 2.45) is 11.3 Å². The van der Waals surface area contributed by atoms with Crippen molar-refractivity contribution < 1.29 is 8.78 Å². The van der Waals surface area contributed by atoms with E-state index in [1.54, 1.807) is 0 Å². The molecule has 0 amide bonds. The van der Waals surface area contributed by atoms with Crippen LogP contribution in [0, 0.1) is 18.3 Å². The molecule has 1 aromatic heterocycles. The highest BCUT2D eigenvalue weighted by molar-refractivity contribution is 9.10. The number of hydrogen-bond acceptors (Lipinski definition) is 1. The molecule has 2 aliphatic carbocycles. The van der Waals surface area contributed by atoms with Crippen LogP contribution in [0.15, 0.2) is 16.7 Å². The Morgan fingerprint density at radius 3 is 2.61 bits per heavy atom. The molecular formula is C14H16BrF2N. The quantitative estimate of drug-likeness (QED) is 0.782. The van der Waals surface area contributed by atoms with E-state index in [0.29, 0.717) is 5.92 Å². The van der Waals surface area contributed by atoms with Crippen LogP contribution in [0.4, 0.5) is 8.78 Å². The number of nitrogens with zero attached hydrogens (tertiary/aromatic N) is 1. The number of aromatic nitrogens is 1. The lowest BCUT2D eigenvalue weighted by Gasteiger charge is -2.57. The summed E-state index contributed by atoms with van der Waals surface area (Å²) in [7, 11) is 0. The molecular weight excluding hydrogens is 300 g/mol. The number of alkyl halides is 2. The molecule has 0 radical (unpaired) electrons. The number of halogens is 3. The average Bonchev–Trinajstić information content (AvgIpc) is 2.18. The van der Waals surface area contributed by atoms with Gasteiger partial charge in [-0.1, -0.05) is 0 Å². The summed E-state index contributed by atoms with van der Waals surface area (Å²) in [5, 5.41) is 0. The molecule has 0 atom stereocenters. The van der Waals surface area contributed by atoms with E-state index >= 15 is 0 Å². The molecule has 1 spiro atoms. The fraction of sp³-hybridized carbons (Fsp3) is 0.643. The third-order valence-electron chi connectivity index (χ3n) is 4.31. The molecule has 0 N–H and O–H groups in total. The van der Waals surface area contributed by atoms with Crippen molar-refractivity contribution in [1.29, 1.82) is 0 Å². The van der Waals surface area contributed by atoms with Gasteiger partial charge < -0.3 is 0 Å². The third kappa shape index (κ3) is 2.20. The first-order valence-corrected chi connectivity index (χ1v) is 7.16. The molecule has 98 valence electrons. The van der Waals surface area contributed by atoms with Gasteiger partial charge in [0, 0.05) is 29.2 Å². The number of hydrogen-bond donors (Lipinski definition) is 0. The molecule has 0 aliphatic heterocycles. The van der Waals surface area contributed by atoms with Crippen molar-refractivity contribution in [3.8, 4) is 0 Å². The second kappa shape index (κ2) is 3.99. The van der Waals surface area contributed by atoms with E-state index in [9.17, 15) is 8.78 Å². The van der Waals surface area contributed by atoms with Crippen molar-refractivity contribution in [1.82, 2.24) is 4.98 Å². The Morgan fingerprint density at radius 2 is 2.06 bits per heavy atom. The molecule has 1 heterocycles. The Kier molecular flexibility index (Phi) is 2.78. The summed E-state index contributed by atoms with van der Waals surface area (Å²) >= 11 is 3.43. The van der Waals surface area contributed by atoms with Gasteiger partial charge in [-0.3, -0.25) is 4.98 Å². The first-order valence-electron chi connectivity index (χ1n) is 6.36. The van der Waals surface area contributed by atoms with Crippen LogP contribution in [0.3, 0.4) is 0 Å². The second-order valence-corrected chi connectivity index (χ2v) is 6.97. The van der Waals surface area contributed by atoms with Crippen molar-refractivity contribution in [2.45, 2.75) is 45.0 Å². The molecule has 4 heteroatoms. The smallest absolute Gasteiger partial charge is 0.249 e. The van der Waals surface area contributed by atoms with Gasteiger partial charge in [0.15, 0.2) is 0 Å². The van der Waals surface area contributed by atoms with E-state index in [1.807, 2.05) is 13.1 Å². The predicted octanol–water partition coefficient (Wildman–Crippen LogP) is 4.52. The lowest BCUT2D eigenvalue weighted by Crippen LogP contribution is -2.53. The lowest BCUT2D eigenvalue weighted by atomic mass is 9.49. The van der Waals surface area contributed by atoms with Gasteiger partial charge in [-0.15, -0.1) is 0 Å². The molecule has 2 aliphatic rings. The van der Waals surface area contributed by atoms with E-state index in [0.717, 1.165) is 29.4 Å². The molecule has 1 aromatic rings. The predicted molar refractivity (Wildman–Crippen MR) is 69.7 cm³/mol. The third-order valence-corrected chi connectivity index (χ3v) is 5.14. The van der Waals surface area contributed by atoms with Crippen LogP contribution in [-0.4, -0.2) is 10.9 Å². The van der Waals surface area contributed by atoms with E-state index in [-0.39, 0.29) is 18.3 Å². The summed E-state index contributed by atoms with van der Waals surface area (Å²) in [5.41, 5.74) is 2.25. The van der Waals surface area contributed by atoms with Crippen molar-refractivity contribution >= 4 is 15.9 Å². The van der Waals surface area contributed by atoms with Gasteiger partial charge in [-0.05, 0) is 65.1 Å². The minimum Gasteiger partial charge on any atom is -0.260 e. The first kappa shape index (κ1) is 12.5. The van der Waals surface area contributed by atoms with Crippen molar-refractivity contribution in [2.75, 3.05) is 0 Å². The van der Waals surface area contributed by atoms with Gasteiger partial charge in [0.2, 0.25) is 5.92 Å². The maximum Gasteiger partial charge on any atom is 0.249 e. The molecule has 0 saturated heterocycles. The fourth-order valence-electron chi connectivity index (χ4n) is 3.65. The van der Waals surface area contributed by atoms with Crippen LogP contribution in [0.5, 0.6) is 0 Å². The summed E-state index contributed by atoms with van der Waals surface area (Å²) in [6.07, 6.45) is 4.91. The monoisotopic (exact) mass is 315 g/mol. The molecule has 1 nitrogen and oxygen atoms in total. The lowest BCUT2D eigenvalue weighted by molar-refractivity contribution is -0.206. The number of rotatable bonds is 2. The van der Waals surface area contributed by atoms with E-state index in [2.05, 4.69) is 27.0 Å². The van der Waals surface area contributed by atoms with E-state index in [1.165, 1.54) is 5.56 Å². The zero-order valence-electron chi connectivity index (χ0n) is 10.3. The molecule has 3 rings (SSSR count). The fourth-order valence-corrected chi connectivity index (χ4v) is 3.87. The maximum absolute atomic E-state index is 12.9. The zero-order chi connectivity index (χ0) is 13.0. The number of aryl methyl sites for hydroxylation is 1. The summed E-state index contributed by atoms with van der Waals surface area (Å²) < 4.78 is 26.8. The largest absolute Gasteiger partial charge is 0.260 e. The molecule has 0 aromatic carbocycles. The van der Waals surface area contributed by atoms with Gasteiger partial charge >= 0.3 is 0 Å². The van der Waals surface area contributed by atoms with Gasteiger partial charge in [0.25, 0.3) is 0 Å². The highest BCUT2D eigenvalue weighted by Crippen LogP contribution is 2.64. The van der Waals surface area contributed by atoms with Crippen LogP contribution in [-0.2, 0) is 6.42 Å². The molecule has 18 heavy (non-hydrogen) atoms. The molecule has 0 unspecified atom stereocenters. The topological polar surface area (TPSA) is 12.9 Å². The van der Waals surface area contributed by atoms with Crippen LogP contribution in [0.25, 0.3) is 0 Å². The SMILES string of the molecule is Cc1cc(CC2CC3(C2)CC(F)(F)C3)ncc1Br. The molecule has 2 saturated carbocycles.